The second-order valence-electron chi connectivity index (χ2n) is 3.73. The van der Waals surface area contributed by atoms with Crippen molar-refractivity contribution in [3.8, 4) is 0 Å². The van der Waals surface area contributed by atoms with Gasteiger partial charge in [-0.2, -0.15) is 0 Å². The summed E-state index contributed by atoms with van der Waals surface area (Å²) in [5.41, 5.74) is 0.605. The van der Waals surface area contributed by atoms with Crippen LogP contribution in [0.4, 0.5) is 14.9 Å². The number of urea groups is 1. The van der Waals surface area contributed by atoms with Gasteiger partial charge >= 0.3 is 6.03 Å². The van der Waals surface area contributed by atoms with Crippen LogP contribution in [-0.4, -0.2) is 12.1 Å². The van der Waals surface area contributed by atoms with Crippen LogP contribution in [0, 0.1) is 5.82 Å². The van der Waals surface area contributed by atoms with E-state index in [4.69, 9.17) is 0 Å². The Labute approximate surface area is 87.7 Å². The van der Waals surface area contributed by atoms with Gasteiger partial charge in [-0.3, -0.25) is 0 Å². The number of hydrogen-bond donors (Lipinski definition) is 2. The summed E-state index contributed by atoms with van der Waals surface area (Å²) in [6.07, 6.45) is 3.29. The van der Waals surface area contributed by atoms with Crippen molar-refractivity contribution < 1.29 is 9.18 Å². The molecule has 15 heavy (non-hydrogen) atoms. The fourth-order valence-corrected chi connectivity index (χ4v) is 1.44. The van der Waals surface area contributed by atoms with Gasteiger partial charge in [-0.1, -0.05) is 0 Å². The Balaban J connectivity index is 1.84. The number of carbonyl (C=O) groups is 1. The Bertz CT molecular complexity index is 346. The predicted molar refractivity (Wildman–Crippen MR) is 56.2 cm³/mol. The Hall–Kier alpha value is -1.58. The van der Waals surface area contributed by atoms with E-state index in [2.05, 4.69) is 10.6 Å². The quantitative estimate of drug-likeness (QED) is 0.770. The smallest absolute Gasteiger partial charge is 0.319 e. The number of anilines is 1. The number of rotatable bonds is 2. The maximum Gasteiger partial charge on any atom is 0.319 e. The number of nitrogens with one attached hydrogen (secondary N) is 2. The topological polar surface area (TPSA) is 41.1 Å². The SMILES string of the molecule is O=C(Nc1ccc(F)cc1)NC1CCC1. The summed E-state index contributed by atoms with van der Waals surface area (Å²) < 4.78 is 12.6. The number of halogens is 1. The van der Waals surface area contributed by atoms with Crippen LogP contribution >= 0.6 is 0 Å². The maximum absolute atomic E-state index is 12.6. The van der Waals surface area contributed by atoms with E-state index in [1.165, 1.54) is 30.7 Å². The average molecular weight is 208 g/mol. The van der Waals surface area contributed by atoms with Crippen LogP contribution in [-0.2, 0) is 0 Å². The second kappa shape index (κ2) is 4.29. The third kappa shape index (κ3) is 2.68. The molecule has 0 unspecified atom stereocenters. The predicted octanol–water partition coefficient (Wildman–Crippen LogP) is 2.50. The molecule has 1 fully saturated rings. The van der Waals surface area contributed by atoms with Crippen molar-refractivity contribution in [1.82, 2.24) is 5.32 Å². The van der Waals surface area contributed by atoms with Gasteiger partial charge in [-0.15, -0.1) is 0 Å². The van der Waals surface area contributed by atoms with E-state index in [0.717, 1.165) is 12.8 Å². The molecule has 3 nitrogen and oxygen atoms in total. The Morgan fingerprint density at radius 2 is 1.93 bits per heavy atom. The maximum atomic E-state index is 12.6. The molecule has 1 aromatic rings. The summed E-state index contributed by atoms with van der Waals surface area (Å²) >= 11 is 0. The molecule has 1 aliphatic rings. The van der Waals surface area contributed by atoms with E-state index in [9.17, 15) is 9.18 Å². The summed E-state index contributed by atoms with van der Waals surface area (Å²) in [7, 11) is 0. The van der Waals surface area contributed by atoms with E-state index >= 15 is 0 Å². The lowest BCUT2D eigenvalue weighted by molar-refractivity contribution is 0.240. The zero-order valence-electron chi connectivity index (χ0n) is 8.29. The molecular weight excluding hydrogens is 195 g/mol. The van der Waals surface area contributed by atoms with Crippen molar-refractivity contribution >= 4 is 11.7 Å². The molecule has 4 heteroatoms. The monoisotopic (exact) mass is 208 g/mol. The molecule has 0 heterocycles. The third-order valence-electron chi connectivity index (χ3n) is 2.54. The fourth-order valence-electron chi connectivity index (χ4n) is 1.44. The standard InChI is InChI=1S/C11H13FN2O/c12-8-4-6-10(7-5-8)14-11(15)13-9-2-1-3-9/h4-7,9H,1-3H2,(H2,13,14,15). The lowest BCUT2D eigenvalue weighted by atomic mass is 9.93. The Morgan fingerprint density at radius 3 is 2.47 bits per heavy atom. The first-order valence-electron chi connectivity index (χ1n) is 5.07. The molecule has 2 rings (SSSR count). The van der Waals surface area contributed by atoms with Gasteiger partial charge in [0.1, 0.15) is 5.82 Å². The van der Waals surface area contributed by atoms with Crippen LogP contribution in [0.2, 0.25) is 0 Å². The van der Waals surface area contributed by atoms with Crippen molar-refractivity contribution in [3.63, 3.8) is 0 Å². The molecule has 0 aromatic heterocycles. The van der Waals surface area contributed by atoms with E-state index in [1.54, 1.807) is 0 Å². The number of carbonyl (C=O) groups excluding carboxylic acids is 1. The van der Waals surface area contributed by atoms with Crippen molar-refractivity contribution in [2.24, 2.45) is 0 Å². The average Bonchev–Trinajstić information content (AvgIpc) is 2.16. The van der Waals surface area contributed by atoms with Crippen LogP contribution in [0.15, 0.2) is 24.3 Å². The fraction of sp³-hybridized carbons (Fsp3) is 0.364. The molecule has 0 aliphatic heterocycles. The number of hydrogen-bond acceptors (Lipinski definition) is 1. The molecule has 2 amide bonds. The molecule has 80 valence electrons. The summed E-state index contributed by atoms with van der Waals surface area (Å²) in [6, 6.07) is 5.81. The van der Waals surface area contributed by atoms with Crippen molar-refractivity contribution in [2.45, 2.75) is 25.3 Å². The number of amides is 2. The molecule has 0 saturated heterocycles. The molecule has 2 N–H and O–H groups in total. The second-order valence-corrected chi connectivity index (χ2v) is 3.73. The van der Waals surface area contributed by atoms with Gasteiger partial charge in [-0.05, 0) is 43.5 Å². The lowest BCUT2D eigenvalue weighted by Crippen LogP contribution is -2.41. The summed E-state index contributed by atoms with van der Waals surface area (Å²) in [5, 5.41) is 5.49. The normalized spacial score (nSPS) is 15.5. The minimum atomic E-state index is -0.306. The van der Waals surface area contributed by atoms with Gasteiger partial charge < -0.3 is 10.6 Å². The summed E-state index contributed by atoms with van der Waals surface area (Å²) in [4.78, 5) is 11.4. The molecular formula is C11H13FN2O. The van der Waals surface area contributed by atoms with Gasteiger partial charge in [0.05, 0.1) is 0 Å². The van der Waals surface area contributed by atoms with Crippen LogP contribution in [0.5, 0.6) is 0 Å². The van der Waals surface area contributed by atoms with Crippen LogP contribution in [0.3, 0.4) is 0 Å². The molecule has 1 saturated carbocycles. The minimum Gasteiger partial charge on any atom is -0.335 e. The van der Waals surface area contributed by atoms with E-state index in [1.807, 2.05) is 0 Å². The summed E-state index contributed by atoms with van der Waals surface area (Å²) in [6.45, 7) is 0. The van der Waals surface area contributed by atoms with Gasteiger partial charge in [0.25, 0.3) is 0 Å². The van der Waals surface area contributed by atoms with Crippen LogP contribution in [0.1, 0.15) is 19.3 Å². The van der Waals surface area contributed by atoms with E-state index in [-0.39, 0.29) is 11.8 Å². The highest BCUT2D eigenvalue weighted by Crippen LogP contribution is 2.18. The van der Waals surface area contributed by atoms with Gasteiger partial charge in [0.2, 0.25) is 0 Å². The zero-order valence-corrected chi connectivity index (χ0v) is 8.29. The largest absolute Gasteiger partial charge is 0.335 e. The molecule has 0 atom stereocenters. The van der Waals surface area contributed by atoms with Crippen molar-refractivity contribution in [1.29, 1.82) is 0 Å². The van der Waals surface area contributed by atoms with E-state index < -0.39 is 0 Å². The Kier molecular flexibility index (Phi) is 2.85. The first-order chi connectivity index (χ1) is 7.24. The molecule has 0 spiro atoms. The number of benzene rings is 1. The van der Waals surface area contributed by atoms with Crippen LogP contribution in [0.25, 0.3) is 0 Å². The molecule has 1 aromatic carbocycles. The summed E-state index contributed by atoms with van der Waals surface area (Å²) in [5.74, 6) is -0.306. The highest BCUT2D eigenvalue weighted by molar-refractivity contribution is 5.89. The van der Waals surface area contributed by atoms with Gasteiger partial charge in [0, 0.05) is 11.7 Å². The third-order valence-corrected chi connectivity index (χ3v) is 2.54. The van der Waals surface area contributed by atoms with Gasteiger partial charge in [-0.25, -0.2) is 9.18 Å². The lowest BCUT2D eigenvalue weighted by Gasteiger charge is -2.26. The molecule has 0 radical (unpaired) electrons. The molecule has 0 bridgehead atoms. The molecule has 1 aliphatic carbocycles. The van der Waals surface area contributed by atoms with Gasteiger partial charge in [0.15, 0.2) is 0 Å². The Morgan fingerprint density at radius 1 is 1.27 bits per heavy atom. The minimum absolute atomic E-state index is 0.216. The van der Waals surface area contributed by atoms with Crippen molar-refractivity contribution in [3.05, 3.63) is 30.1 Å². The highest BCUT2D eigenvalue weighted by atomic mass is 19.1. The zero-order chi connectivity index (χ0) is 10.7. The highest BCUT2D eigenvalue weighted by Gasteiger charge is 2.19. The van der Waals surface area contributed by atoms with Crippen LogP contribution < -0.4 is 10.6 Å². The first-order valence-corrected chi connectivity index (χ1v) is 5.07. The van der Waals surface area contributed by atoms with E-state index in [0.29, 0.717) is 11.7 Å². The first kappa shape index (κ1) is 9.96. The van der Waals surface area contributed by atoms with Crippen molar-refractivity contribution in [2.75, 3.05) is 5.32 Å².